The first-order valence-electron chi connectivity index (χ1n) is 4.55. The summed E-state index contributed by atoms with van der Waals surface area (Å²) in [5.41, 5.74) is 0.610. The molecular weight excluding hydrogens is 218 g/mol. The summed E-state index contributed by atoms with van der Waals surface area (Å²) >= 11 is 5.72. The van der Waals surface area contributed by atoms with Gasteiger partial charge in [-0.05, 0) is 18.6 Å². The Balaban J connectivity index is 2.26. The second kappa shape index (κ2) is 4.04. The number of pyridine rings is 1. The van der Waals surface area contributed by atoms with Crippen LogP contribution in [-0.4, -0.2) is 28.6 Å². The van der Waals surface area contributed by atoms with Crippen molar-refractivity contribution in [2.75, 3.05) is 17.2 Å². The van der Waals surface area contributed by atoms with Crippen molar-refractivity contribution >= 4 is 29.0 Å². The minimum Gasteiger partial charge on any atom is -0.396 e. The molecule has 0 aromatic carbocycles. The first-order chi connectivity index (χ1) is 7.20. The molecule has 1 aromatic heterocycles. The molecule has 2 rings (SSSR count). The molecule has 3 N–H and O–H groups in total. The van der Waals surface area contributed by atoms with E-state index < -0.39 is 6.04 Å². The Kier molecular flexibility index (Phi) is 2.75. The molecule has 6 heteroatoms. The highest BCUT2D eigenvalue weighted by molar-refractivity contribution is 6.29. The van der Waals surface area contributed by atoms with Crippen LogP contribution in [-0.2, 0) is 4.79 Å². The van der Waals surface area contributed by atoms with Gasteiger partial charge in [-0.3, -0.25) is 4.79 Å². The molecule has 2 heterocycles. The van der Waals surface area contributed by atoms with Crippen LogP contribution >= 0.6 is 11.6 Å². The third-order valence-electron chi connectivity index (χ3n) is 2.16. The second-order valence-electron chi connectivity index (χ2n) is 3.23. The number of carbonyl (C=O) groups excluding carboxylic acids is 1. The molecule has 1 amide bonds. The number of hydrogen-bond donors (Lipinski definition) is 3. The molecule has 0 unspecified atom stereocenters. The molecule has 15 heavy (non-hydrogen) atoms. The quantitative estimate of drug-likeness (QED) is 0.655. The fourth-order valence-corrected chi connectivity index (χ4v) is 1.58. The maximum absolute atomic E-state index is 11.5. The number of nitrogens with zero attached hydrogens (tertiary/aromatic N) is 1. The minimum absolute atomic E-state index is 0.0546. The van der Waals surface area contributed by atoms with E-state index in [0.717, 1.165) is 0 Å². The van der Waals surface area contributed by atoms with Crippen LogP contribution in [0.1, 0.15) is 6.42 Å². The van der Waals surface area contributed by atoms with E-state index >= 15 is 0 Å². The zero-order valence-electron chi connectivity index (χ0n) is 7.83. The number of nitrogens with one attached hydrogen (secondary N) is 2. The third-order valence-corrected chi connectivity index (χ3v) is 2.37. The van der Waals surface area contributed by atoms with Gasteiger partial charge < -0.3 is 15.7 Å². The summed E-state index contributed by atoms with van der Waals surface area (Å²) in [7, 11) is 0. The third kappa shape index (κ3) is 2.03. The predicted octanol–water partition coefficient (Wildman–Crippen LogP) is 0.850. The Bertz CT molecular complexity index is 397. The van der Waals surface area contributed by atoms with Crippen molar-refractivity contribution < 1.29 is 9.90 Å². The van der Waals surface area contributed by atoms with Crippen LogP contribution in [0.2, 0.25) is 5.15 Å². The molecule has 0 radical (unpaired) electrons. The van der Waals surface area contributed by atoms with Crippen LogP contribution in [0.15, 0.2) is 12.1 Å². The van der Waals surface area contributed by atoms with Gasteiger partial charge in [0.1, 0.15) is 11.2 Å². The fraction of sp³-hybridized carbons (Fsp3) is 0.333. The highest BCUT2D eigenvalue weighted by Crippen LogP contribution is 2.26. The standard InChI is InChI=1S/C9H10ClN3O2/c10-7-2-1-5-8(13-7)11-6(3-4-14)9(15)12-5/h1-2,6,14H,3-4H2,(H,11,13)(H,12,15)/t6-/m0/s1. The SMILES string of the molecule is O=C1Nc2ccc(Cl)nc2N[C@H]1CCO. The van der Waals surface area contributed by atoms with Crippen molar-refractivity contribution in [3.63, 3.8) is 0 Å². The summed E-state index contributed by atoms with van der Waals surface area (Å²) in [6.07, 6.45) is 0.347. The maximum Gasteiger partial charge on any atom is 0.247 e. The molecular formula is C9H10ClN3O2. The zero-order valence-corrected chi connectivity index (χ0v) is 8.58. The lowest BCUT2D eigenvalue weighted by molar-refractivity contribution is -0.117. The van der Waals surface area contributed by atoms with Crippen molar-refractivity contribution in [1.82, 2.24) is 4.98 Å². The van der Waals surface area contributed by atoms with Crippen molar-refractivity contribution in [3.05, 3.63) is 17.3 Å². The minimum atomic E-state index is -0.450. The van der Waals surface area contributed by atoms with Gasteiger partial charge in [0.25, 0.3) is 0 Å². The zero-order chi connectivity index (χ0) is 10.8. The van der Waals surface area contributed by atoms with Crippen LogP contribution < -0.4 is 10.6 Å². The Morgan fingerprint density at radius 2 is 2.33 bits per heavy atom. The molecule has 0 saturated carbocycles. The summed E-state index contributed by atoms with van der Waals surface area (Å²) in [6.45, 7) is -0.0546. The van der Waals surface area contributed by atoms with E-state index in [1.807, 2.05) is 0 Å². The van der Waals surface area contributed by atoms with Gasteiger partial charge in [0, 0.05) is 6.61 Å². The number of anilines is 2. The van der Waals surface area contributed by atoms with E-state index in [2.05, 4.69) is 15.6 Å². The molecule has 0 bridgehead atoms. The van der Waals surface area contributed by atoms with Gasteiger partial charge >= 0.3 is 0 Å². The van der Waals surface area contributed by atoms with E-state index in [9.17, 15) is 4.79 Å². The molecule has 5 nitrogen and oxygen atoms in total. The van der Waals surface area contributed by atoms with Crippen LogP contribution in [0.4, 0.5) is 11.5 Å². The fourth-order valence-electron chi connectivity index (χ4n) is 1.43. The van der Waals surface area contributed by atoms with Gasteiger partial charge in [-0.2, -0.15) is 0 Å². The topological polar surface area (TPSA) is 74.2 Å². The average Bonchev–Trinajstić information content (AvgIpc) is 2.20. The number of aliphatic hydroxyl groups excluding tert-OH is 1. The molecule has 0 fully saturated rings. The largest absolute Gasteiger partial charge is 0.396 e. The van der Waals surface area contributed by atoms with Gasteiger partial charge in [-0.15, -0.1) is 0 Å². The lowest BCUT2D eigenvalue weighted by Gasteiger charge is -2.25. The van der Waals surface area contributed by atoms with Gasteiger partial charge in [0.15, 0.2) is 5.82 Å². The average molecular weight is 228 g/mol. The number of aliphatic hydroxyl groups is 1. The monoisotopic (exact) mass is 227 g/mol. The molecule has 1 atom stereocenters. The number of rotatable bonds is 2. The summed E-state index contributed by atoms with van der Waals surface area (Å²) in [4.78, 5) is 15.5. The summed E-state index contributed by atoms with van der Waals surface area (Å²) in [6, 6.07) is 2.84. The molecule has 0 aliphatic carbocycles. The van der Waals surface area contributed by atoms with Crippen molar-refractivity contribution in [2.45, 2.75) is 12.5 Å². The van der Waals surface area contributed by atoms with Gasteiger partial charge in [-0.1, -0.05) is 11.6 Å². The molecule has 0 spiro atoms. The highest BCUT2D eigenvalue weighted by atomic mass is 35.5. The van der Waals surface area contributed by atoms with E-state index in [0.29, 0.717) is 23.1 Å². The number of fused-ring (bicyclic) bond motifs is 1. The first-order valence-corrected chi connectivity index (χ1v) is 4.93. The van der Waals surface area contributed by atoms with Crippen LogP contribution in [0.25, 0.3) is 0 Å². The van der Waals surface area contributed by atoms with Crippen molar-refractivity contribution in [2.24, 2.45) is 0 Å². The number of hydrogen-bond acceptors (Lipinski definition) is 4. The summed E-state index contributed by atoms with van der Waals surface area (Å²) in [5.74, 6) is 0.376. The summed E-state index contributed by atoms with van der Waals surface area (Å²) in [5, 5.41) is 14.7. The maximum atomic E-state index is 11.5. The van der Waals surface area contributed by atoms with Crippen LogP contribution in [0.3, 0.4) is 0 Å². The van der Waals surface area contributed by atoms with Crippen molar-refractivity contribution in [1.29, 1.82) is 0 Å². The number of halogens is 1. The van der Waals surface area contributed by atoms with E-state index in [-0.39, 0.29) is 12.5 Å². The lowest BCUT2D eigenvalue weighted by atomic mass is 10.1. The van der Waals surface area contributed by atoms with Gasteiger partial charge in [0.2, 0.25) is 5.91 Å². The first kappa shape index (κ1) is 10.2. The molecule has 1 aliphatic rings. The predicted molar refractivity (Wildman–Crippen MR) is 57.0 cm³/mol. The number of amides is 1. The van der Waals surface area contributed by atoms with E-state index in [1.165, 1.54) is 0 Å². The van der Waals surface area contributed by atoms with E-state index in [4.69, 9.17) is 16.7 Å². The Morgan fingerprint density at radius 1 is 1.53 bits per heavy atom. The molecule has 0 saturated heterocycles. The molecule has 1 aliphatic heterocycles. The second-order valence-corrected chi connectivity index (χ2v) is 3.62. The Labute approximate surface area is 91.5 Å². The highest BCUT2D eigenvalue weighted by Gasteiger charge is 2.25. The Morgan fingerprint density at radius 3 is 3.07 bits per heavy atom. The van der Waals surface area contributed by atoms with E-state index in [1.54, 1.807) is 12.1 Å². The van der Waals surface area contributed by atoms with Crippen molar-refractivity contribution in [3.8, 4) is 0 Å². The Hall–Kier alpha value is -1.33. The van der Waals surface area contributed by atoms with Crippen LogP contribution in [0.5, 0.6) is 0 Å². The lowest BCUT2D eigenvalue weighted by Crippen LogP contribution is -2.39. The molecule has 1 aromatic rings. The smallest absolute Gasteiger partial charge is 0.247 e. The van der Waals surface area contributed by atoms with Gasteiger partial charge in [-0.25, -0.2) is 4.98 Å². The number of aromatic nitrogens is 1. The number of carbonyl (C=O) groups is 1. The normalized spacial score (nSPS) is 19.1. The van der Waals surface area contributed by atoms with Gasteiger partial charge in [0.05, 0.1) is 5.69 Å². The van der Waals surface area contributed by atoms with Crippen LogP contribution in [0, 0.1) is 0 Å². The summed E-state index contributed by atoms with van der Waals surface area (Å²) < 4.78 is 0. The molecule has 80 valence electrons.